The van der Waals surface area contributed by atoms with Crippen LogP contribution in [0.1, 0.15) is 17.2 Å². The van der Waals surface area contributed by atoms with E-state index in [1.165, 1.54) is 0 Å². The third-order valence-electron chi connectivity index (χ3n) is 3.38. The molecular formula is C16H19ClN2O2. The number of methoxy groups -OCH3 is 2. The number of rotatable bonds is 6. The van der Waals surface area contributed by atoms with E-state index in [0.29, 0.717) is 10.8 Å². The second-order valence-electron chi connectivity index (χ2n) is 4.67. The average Bonchev–Trinajstić information content (AvgIpc) is 2.54. The van der Waals surface area contributed by atoms with Crippen LogP contribution in [0.4, 0.5) is 0 Å². The maximum Gasteiger partial charge on any atom is 0.137 e. The molecule has 21 heavy (non-hydrogen) atoms. The van der Waals surface area contributed by atoms with Gasteiger partial charge in [-0.2, -0.15) is 0 Å². The molecule has 0 amide bonds. The lowest BCUT2D eigenvalue weighted by molar-refractivity contribution is 0.413. The summed E-state index contributed by atoms with van der Waals surface area (Å²) in [6.45, 7) is 0. The fourth-order valence-corrected chi connectivity index (χ4v) is 2.36. The van der Waals surface area contributed by atoms with Crippen LogP contribution in [0.5, 0.6) is 11.5 Å². The van der Waals surface area contributed by atoms with Gasteiger partial charge in [-0.25, -0.2) is 0 Å². The molecule has 0 bridgehead atoms. The maximum absolute atomic E-state index is 6.05. The molecule has 1 unspecified atom stereocenters. The Hall–Kier alpha value is -1.75. The van der Waals surface area contributed by atoms with Crippen LogP contribution in [-0.4, -0.2) is 14.2 Å². The topological polar surface area (TPSA) is 56.5 Å². The molecule has 5 heteroatoms. The van der Waals surface area contributed by atoms with Crippen LogP contribution < -0.4 is 20.7 Å². The number of ether oxygens (including phenoxy) is 2. The molecule has 0 saturated carbocycles. The van der Waals surface area contributed by atoms with Crippen LogP contribution in [0.25, 0.3) is 0 Å². The quantitative estimate of drug-likeness (QED) is 0.636. The smallest absolute Gasteiger partial charge is 0.137 e. The molecule has 0 aliphatic heterocycles. The van der Waals surface area contributed by atoms with Crippen molar-refractivity contribution in [2.24, 2.45) is 5.84 Å². The van der Waals surface area contributed by atoms with Crippen molar-refractivity contribution in [2.45, 2.75) is 12.5 Å². The summed E-state index contributed by atoms with van der Waals surface area (Å²) in [6, 6.07) is 13.6. The third-order valence-corrected chi connectivity index (χ3v) is 3.69. The number of hydrogen-bond acceptors (Lipinski definition) is 4. The normalized spacial score (nSPS) is 12.0. The molecule has 2 rings (SSSR count). The molecule has 1 atom stereocenters. The summed E-state index contributed by atoms with van der Waals surface area (Å²) in [7, 11) is 3.25. The van der Waals surface area contributed by atoms with E-state index in [1.54, 1.807) is 14.2 Å². The van der Waals surface area contributed by atoms with Gasteiger partial charge >= 0.3 is 0 Å². The van der Waals surface area contributed by atoms with Crippen molar-refractivity contribution in [1.82, 2.24) is 5.43 Å². The van der Waals surface area contributed by atoms with E-state index in [0.717, 1.165) is 23.3 Å². The van der Waals surface area contributed by atoms with Crippen LogP contribution in [-0.2, 0) is 6.42 Å². The number of nitrogens with one attached hydrogen (secondary N) is 1. The Morgan fingerprint density at radius 3 is 2.38 bits per heavy atom. The highest BCUT2D eigenvalue weighted by Crippen LogP contribution is 2.29. The van der Waals surface area contributed by atoms with E-state index in [-0.39, 0.29) is 6.04 Å². The van der Waals surface area contributed by atoms with Gasteiger partial charge in [-0.15, -0.1) is 0 Å². The number of benzene rings is 2. The van der Waals surface area contributed by atoms with E-state index in [4.69, 9.17) is 26.9 Å². The molecule has 3 N–H and O–H groups in total. The van der Waals surface area contributed by atoms with Crippen LogP contribution >= 0.6 is 11.6 Å². The lowest BCUT2D eigenvalue weighted by Gasteiger charge is -2.18. The molecule has 0 aliphatic rings. The van der Waals surface area contributed by atoms with Gasteiger partial charge in [0.15, 0.2) is 0 Å². The highest BCUT2D eigenvalue weighted by molar-refractivity contribution is 6.32. The van der Waals surface area contributed by atoms with Crippen molar-refractivity contribution in [3.8, 4) is 11.5 Å². The Labute approximate surface area is 129 Å². The molecule has 0 heterocycles. The lowest BCUT2D eigenvalue weighted by atomic mass is 9.99. The molecule has 0 radical (unpaired) electrons. The molecule has 0 spiro atoms. The first-order valence-electron chi connectivity index (χ1n) is 6.60. The predicted octanol–water partition coefficient (Wildman–Crippen LogP) is 3.10. The molecule has 0 fully saturated rings. The Morgan fingerprint density at radius 1 is 1.10 bits per heavy atom. The van der Waals surface area contributed by atoms with E-state index in [9.17, 15) is 0 Å². The summed E-state index contributed by atoms with van der Waals surface area (Å²) in [5.41, 5.74) is 5.02. The fourth-order valence-electron chi connectivity index (χ4n) is 2.16. The summed E-state index contributed by atoms with van der Waals surface area (Å²) in [4.78, 5) is 0. The third kappa shape index (κ3) is 3.88. The van der Waals surface area contributed by atoms with Crippen molar-refractivity contribution < 1.29 is 9.47 Å². The molecular weight excluding hydrogens is 288 g/mol. The number of nitrogens with two attached hydrogens (primary N) is 1. The molecule has 0 aromatic heterocycles. The van der Waals surface area contributed by atoms with E-state index in [2.05, 4.69) is 5.43 Å². The summed E-state index contributed by atoms with van der Waals surface area (Å²) in [6.07, 6.45) is 0.755. The monoisotopic (exact) mass is 306 g/mol. The first-order chi connectivity index (χ1) is 10.2. The van der Waals surface area contributed by atoms with Gasteiger partial charge in [0.2, 0.25) is 0 Å². The number of hydrogen-bond donors (Lipinski definition) is 2. The van der Waals surface area contributed by atoms with Gasteiger partial charge in [-0.1, -0.05) is 29.8 Å². The zero-order chi connectivity index (χ0) is 15.2. The predicted molar refractivity (Wildman–Crippen MR) is 84.8 cm³/mol. The second-order valence-corrected chi connectivity index (χ2v) is 5.07. The minimum absolute atomic E-state index is 0.0236. The summed E-state index contributed by atoms with van der Waals surface area (Å²) in [5, 5.41) is 0.585. The van der Waals surface area contributed by atoms with Crippen molar-refractivity contribution in [3.05, 3.63) is 58.6 Å². The fraction of sp³-hybridized carbons (Fsp3) is 0.250. The molecule has 0 aliphatic carbocycles. The number of halogens is 1. The zero-order valence-electron chi connectivity index (χ0n) is 12.1. The first kappa shape index (κ1) is 15.6. The van der Waals surface area contributed by atoms with Crippen LogP contribution in [0.3, 0.4) is 0 Å². The highest BCUT2D eigenvalue weighted by atomic mass is 35.5. The minimum Gasteiger partial charge on any atom is -0.497 e. The van der Waals surface area contributed by atoms with E-state index >= 15 is 0 Å². The van der Waals surface area contributed by atoms with Crippen molar-refractivity contribution >= 4 is 11.6 Å². The summed E-state index contributed by atoms with van der Waals surface area (Å²) < 4.78 is 10.4. The Bertz CT molecular complexity index is 587. The Kier molecular flexibility index (Phi) is 5.44. The Morgan fingerprint density at radius 2 is 1.81 bits per heavy atom. The van der Waals surface area contributed by atoms with Gasteiger partial charge in [-0.05, 0) is 41.8 Å². The van der Waals surface area contributed by atoms with Crippen LogP contribution in [0, 0.1) is 0 Å². The minimum atomic E-state index is -0.0236. The van der Waals surface area contributed by atoms with Gasteiger partial charge in [0.05, 0.1) is 25.3 Å². The first-order valence-corrected chi connectivity index (χ1v) is 6.98. The van der Waals surface area contributed by atoms with Gasteiger partial charge in [0.1, 0.15) is 11.5 Å². The van der Waals surface area contributed by atoms with Gasteiger partial charge < -0.3 is 9.47 Å². The Balaban J connectivity index is 2.18. The molecule has 4 nitrogen and oxygen atoms in total. The van der Waals surface area contributed by atoms with Gasteiger partial charge in [0.25, 0.3) is 0 Å². The summed E-state index contributed by atoms with van der Waals surface area (Å²) in [5.74, 6) is 7.17. The summed E-state index contributed by atoms with van der Waals surface area (Å²) >= 11 is 6.05. The van der Waals surface area contributed by atoms with Gasteiger partial charge in [-0.3, -0.25) is 11.3 Å². The SMILES string of the molecule is COc1ccc(CC(NN)c2ccc(Cl)c(OC)c2)cc1. The van der Waals surface area contributed by atoms with Gasteiger partial charge in [0, 0.05) is 0 Å². The number of hydrazine groups is 1. The van der Waals surface area contributed by atoms with E-state index in [1.807, 2.05) is 42.5 Å². The molecule has 0 saturated heterocycles. The van der Waals surface area contributed by atoms with Crippen molar-refractivity contribution in [3.63, 3.8) is 0 Å². The van der Waals surface area contributed by atoms with Crippen LogP contribution in [0.15, 0.2) is 42.5 Å². The largest absolute Gasteiger partial charge is 0.497 e. The maximum atomic E-state index is 6.05. The van der Waals surface area contributed by atoms with E-state index < -0.39 is 0 Å². The zero-order valence-corrected chi connectivity index (χ0v) is 12.9. The van der Waals surface area contributed by atoms with Crippen LogP contribution in [0.2, 0.25) is 5.02 Å². The highest BCUT2D eigenvalue weighted by Gasteiger charge is 2.13. The van der Waals surface area contributed by atoms with Crippen molar-refractivity contribution in [1.29, 1.82) is 0 Å². The second kappa shape index (κ2) is 7.31. The molecule has 2 aromatic carbocycles. The molecule has 2 aromatic rings. The average molecular weight is 307 g/mol. The molecule has 112 valence electrons. The van der Waals surface area contributed by atoms with Crippen molar-refractivity contribution in [2.75, 3.05) is 14.2 Å². The lowest BCUT2D eigenvalue weighted by Crippen LogP contribution is -2.29. The standard InChI is InChI=1S/C16H19ClN2O2/c1-20-13-6-3-11(4-7-13)9-15(19-18)12-5-8-14(17)16(10-12)21-2/h3-8,10,15,19H,9,18H2,1-2H3.